The van der Waals surface area contributed by atoms with E-state index in [9.17, 15) is 0 Å². The van der Waals surface area contributed by atoms with Crippen molar-refractivity contribution in [3.8, 4) is 0 Å². The zero-order valence-electron chi connectivity index (χ0n) is 11.2. The van der Waals surface area contributed by atoms with Gasteiger partial charge in [0.05, 0.1) is 5.02 Å². The van der Waals surface area contributed by atoms with Crippen LogP contribution in [0.25, 0.3) is 0 Å². The Morgan fingerprint density at radius 1 is 1.10 bits per heavy atom. The van der Waals surface area contributed by atoms with E-state index in [0.29, 0.717) is 0 Å². The van der Waals surface area contributed by atoms with E-state index in [-0.39, 0.29) is 6.04 Å². The summed E-state index contributed by atoms with van der Waals surface area (Å²) in [4.78, 5) is 0. The third-order valence-electron chi connectivity index (χ3n) is 3.18. The van der Waals surface area contributed by atoms with Crippen LogP contribution in [0, 0.1) is 0 Å². The molecular weight excluding hydrogens is 357 g/mol. The van der Waals surface area contributed by atoms with Crippen LogP contribution in [0.3, 0.4) is 0 Å². The van der Waals surface area contributed by atoms with Gasteiger partial charge >= 0.3 is 0 Å². The molecule has 0 aliphatic heterocycles. The average molecular weight is 373 g/mol. The lowest BCUT2D eigenvalue weighted by molar-refractivity contribution is 0.549. The number of hydrogen-bond acceptors (Lipinski definition) is 1. The maximum Gasteiger partial charge on any atom is 0.0548 e. The smallest absolute Gasteiger partial charge is 0.0548 e. The quantitative estimate of drug-likeness (QED) is 0.714. The molecule has 2 rings (SSSR count). The van der Waals surface area contributed by atoms with E-state index in [2.05, 4.69) is 46.4 Å². The molecule has 0 aliphatic rings. The lowest BCUT2D eigenvalue weighted by Gasteiger charge is -2.19. The van der Waals surface area contributed by atoms with Gasteiger partial charge in [-0.05, 0) is 58.2 Å². The molecule has 0 aromatic heterocycles. The van der Waals surface area contributed by atoms with Gasteiger partial charge in [0.15, 0.2) is 0 Å². The Bertz CT molecular complexity index is 586. The molecule has 1 unspecified atom stereocenters. The van der Waals surface area contributed by atoms with E-state index in [0.717, 1.165) is 33.0 Å². The van der Waals surface area contributed by atoms with Crippen LogP contribution in [0.1, 0.15) is 24.1 Å². The molecule has 0 amide bonds. The normalized spacial score (nSPS) is 12.4. The Labute approximate surface area is 138 Å². The summed E-state index contributed by atoms with van der Waals surface area (Å²) in [5, 5.41) is 5.03. The van der Waals surface area contributed by atoms with E-state index < -0.39 is 0 Å². The minimum absolute atomic E-state index is 0.216. The number of likely N-dealkylation sites (N-methyl/N-ethyl adjacent to an activating group) is 1. The first kappa shape index (κ1) is 15.8. The highest BCUT2D eigenvalue weighted by atomic mass is 79.9. The van der Waals surface area contributed by atoms with Crippen molar-refractivity contribution < 1.29 is 0 Å². The lowest BCUT2D eigenvalue weighted by Crippen LogP contribution is -2.23. The summed E-state index contributed by atoms with van der Waals surface area (Å²) < 4.78 is 0.915. The predicted molar refractivity (Wildman–Crippen MR) is 90.7 cm³/mol. The second-order valence-electron chi connectivity index (χ2n) is 4.58. The second kappa shape index (κ2) is 7.46. The molecular formula is C16H16BrCl2N. The van der Waals surface area contributed by atoms with E-state index in [1.807, 2.05) is 24.3 Å². The second-order valence-corrected chi connectivity index (χ2v) is 6.25. The maximum absolute atomic E-state index is 6.25. The van der Waals surface area contributed by atoms with Gasteiger partial charge in [0.1, 0.15) is 0 Å². The van der Waals surface area contributed by atoms with Crippen LogP contribution in [-0.2, 0) is 6.42 Å². The van der Waals surface area contributed by atoms with E-state index in [4.69, 9.17) is 23.2 Å². The summed E-state index contributed by atoms with van der Waals surface area (Å²) in [6.45, 7) is 3.00. The molecule has 106 valence electrons. The van der Waals surface area contributed by atoms with E-state index in [1.165, 1.54) is 5.56 Å². The first-order valence-corrected chi connectivity index (χ1v) is 8.08. The fourth-order valence-electron chi connectivity index (χ4n) is 2.17. The van der Waals surface area contributed by atoms with Gasteiger partial charge in [0.2, 0.25) is 0 Å². The van der Waals surface area contributed by atoms with Crippen LogP contribution < -0.4 is 5.32 Å². The average Bonchev–Trinajstić information content (AvgIpc) is 2.44. The molecule has 2 aromatic carbocycles. The van der Waals surface area contributed by atoms with Gasteiger partial charge in [-0.3, -0.25) is 0 Å². The zero-order chi connectivity index (χ0) is 14.5. The molecule has 0 saturated heterocycles. The predicted octanol–water partition coefficient (Wildman–Crippen LogP) is 5.65. The summed E-state index contributed by atoms with van der Waals surface area (Å²) in [7, 11) is 0. The van der Waals surface area contributed by atoms with Crippen molar-refractivity contribution in [2.45, 2.75) is 19.4 Å². The Kier molecular flexibility index (Phi) is 5.91. The third kappa shape index (κ3) is 3.98. The van der Waals surface area contributed by atoms with Crippen molar-refractivity contribution in [2.24, 2.45) is 0 Å². The zero-order valence-corrected chi connectivity index (χ0v) is 14.3. The molecule has 0 spiro atoms. The summed E-state index contributed by atoms with van der Waals surface area (Å²) in [6.07, 6.45) is 0.849. The van der Waals surface area contributed by atoms with Gasteiger partial charge in [-0.2, -0.15) is 0 Å². The van der Waals surface area contributed by atoms with Crippen LogP contribution in [0.5, 0.6) is 0 Å². The maximum atomic E-state index is 6.25. The molecule has 1 atom stereocenters. The molecule has 0 fully saturated rings. The molecule has 1 nitrogen and oxygen atoms in total. The third-order valence-corrected chi connectivity index (χ3v) is 4.76. The number of benzene rings is 2. The van der Waals surface area contributed by atoms with Gasteiger partial charge in [-0.25, -0.2) is 0 Å². The number of hydrogen-bond donors (Lipinski definition) is 1. The first-order valence-electron chi connectivity index (χ1n) is 6.53. The molecule has 0 heterocycles. The Morgan fingerprint density at radius 3 is 2.50 bits per heavy atom. The van der Waals surface area contributed by atoms with Crippen molar-refractivity contribution in [3.63, 3.8) is 0 Å². The van der Waals surface area contributed by atoms with Crippen molar-refractivity contribution in [2.75, 3.05) is 6.54 Å². The monoisotopic (exact) mass is 371 g/mol. The van der Waals surface area contributed by atoms with Crippen LogP contribution in [0.4, 0.5) is 0 Å². The van der Waals surface area contributed by atoms with Crippen molar-refractivity contribution >= 4 is 39.1 Å². The highest BCUT2D eigenvalue weighted by Crippen LogP contribution is 2.29. The van der Waals surface area contributed by atoms with Gasteiger partial charge in [-0.15, -0.1) is 0 Å². The molecule has 0 radical (unpaired) electrons. The molecule has 0 bridgehead atoms. The summed E-state index contributed by atoms with van der Waals surface area (Å²) >= 11 is 15.8. The Balaban J connectivity index is 2.27. The van der Waals surface area contributed by atoms with E-state index in [1.54, 1.807) is 0 Å². The number of halogens is 3. The van der Waals surface area contributed by atoms with Crippen LogP contribution in [0.2, 0.25) is 10.0 Å². The summed E-state index contributed by atoms with van der Waals surface area (Å²) in [5.41, 5.74) is 2.34. The number of nitrogens with one attached hydrogen (secondary N) is 1. The van der Waals surface area contributed by atoms with Crippen LogP contribution in [0.15, 0.2) is 46.9 Å². The first-order chi connectivity index (χ1) is 9.61. The molecule has 4 heteroatoms. The summed E-state index contributed by atoms with van der Waals surface area (Å²) in [6, 6.07) is 14.2. The Hall–Kier alpha value is -0.540. The SMILES string of the molecule is CCNC(Cc1ccccc1Cl)c1ccc(Cl)c(Br)c1. The Morgan fingerprint density at radius 2 is 1.85 bits per heavy atom. The van der Waals surface area contributed by atoms with Crippen LogP contribution in [-0.4, -0.2) is 6.54 Å². The molecule has 2 aromatic rings. The lowest BCUT2D eigenvalue weighted by atomic mass is 9.99. The minimum Gasteiger partial charge on any atom is -0.310 e. The van der Waals surface area contributed by atoms with Gasteiger partial charge in [0.25, 0.3) is 0 Å². The van der Waals surface area contributed by atoms with Gasteiger partial charge < -0.3 is 5.32 Å². The molecule has 20 heavy (non-hydrogen) atoms. The van der Waals surface area contributed by atoms with E-state index >= 15 is 0 Å². The van der Waals surface area contributed by atoms with Crippen LogP contribution >= 0.6 is 39.1 Å². The van der Waals surface area contributed by atoms with Crippen molar-refractivity contribution in [3.05, 3.63) is 68.1 Å². The molecule has 0 saturated carbocycles. The standard InChI is InChI=1S/C16H16BrCl2N/c1-2-20-16(10-11-5-3-4-6-14(11)18)12-7-8-15(19)13(17)9-12/h3-9,16,20H,2,10H2,1H3. The minimum atomic E-state index is 0.216. The fourth-order valence-corrected chi connectivity index (χ4v) is 2.89. The molecule has 1 N–H and O–H groups in total. The van der Waals surface area contributed by atoms with Crippen molar-refractivity contribution in [1.82, 2.24) is 5.32 Å². The summed E-state index contributed by atoms with van der Waals surface area (Å²) in [5.74, 6) is 0. The highest BCUT2D eigenvalue weighted by molar-refractivity contribution is 9.10. The van der Waals surface area contributed by atoms with Crippen molar-refractivity contribution in [1.29, 1.82) is 0 Å². The number of rotatable bonds is 5. The fraction of sp³-hybridized carbons (Fsp3) is 0.250. The molecule has 0 aliphatic carbocycles. The highest BCUT2D eigenvalue weighted by Gasteiger charge is 2.14. The largest absolute Gasteiger partial charge is 0.310 e. The topological polar surface area (TPSA) is 12.0 Å². The van der Waals surface area contributed by atoms with Gasteiger partial charge in [0, 0.05) is 15.5 Å². The van der Waals surface area contributed by atoms with Gasteiger partial charge in [-0.1, -0.05) is 54.4 Å².